The van der Waals surface area contributed by atoms with Crippen molar-refractivity contribution < 1.29 is 8.95 Å². The van der Waals surface area contributed by atoms with E-state index in [-0.39, 0.29) is 6.10 Å². The van der Waals surface area contributed by atoms with Crippen LogP contribution in [-0.4, -0.2) is 27.9 Å². The van der Waals surface area contributed by atoms with Gasteiger partial charge in [0.15, 0.2) is 0 Å². The standard InChI is InChI=1S/C16H25NO2S/c1-12(2)19-16-6-4-14(5-7-16)13(3)17-15-8-10-20(18)11-9-15/h4-7,12-13,15,17H,8-11H2,1-3H3. The van der Waals surface area contributed by atoms with Crippen LogP contribution in [0.1, 0.15) is 45.2 Å². The predicted molar refractivity (Wildman–Crippen MR) is 84.7 cm³/mol. The molecule has 0 radical (unpaired) electrons. The molecular formula is C16H25NO2S. The van der Waals surface area contributed by atoms with E-state index in [0.29, 0.717) is 12.1 Å². The van der Waals surface area contributed by atoms with E-state index in [0.717, 1.165) is 30.1 Å². The van der Waals surface area contributed by atoms with Gasteiger partial charge in [0.05, 0.1) is 6.10 Å². The molecule has 1 aliphatic rings. The molecule has 20 heavy (non-hydrogen) atoms. The normalized spacial score (nSPS) is 24.6. The summed E-state index contributed by atoms with van der Waals surface area (Å²) >= 11 is 0. The molecular weight excluding hydrogens is 270 g/mol. The zero-order valence-electron chi connectivity index (χ0n) is 12.6. The molecule has 0 saturated carbocycles. The Morgan fingerprint density at radius 3 is 2.30 bits per heavy atom. The van der Waals surface area contributed by atoms with Crippen LogP contribution in [0.25, 0.3) is 0 Å². The third-order valence-corrected chi connectivity index (χ3v) is 5.01. The molecule has 1 atom stereocenters. The quantitative estimate of drug-likeness (QED) is 0.907. The first kappa shape index (κ1) is 15.5. The van der Waals surface area contributed by atoms with Gasteiger partial charge in [0.1, 0.15) is 5.75 Å². The van der Waals surface area contributed by atoms with Crippen LogP contribution in [0, 0.1) is 0 Å². The maximum absolute atomic E-state index is 11.4. The van der Waals surface area contributed by atoms with E-state index in [9.17, 15) is 4.21 Å². The molecule has 1 heterocycles. The second-order valence-electron chi connectivity index (χ2n) is 5.75. The van der Waals surface area contributed by atoms with Crippen LogP contribution in [0.3, 0.4) is 0 Å². The molecule has 1 aromatic carbocycles. The lowest BCUT2D eigenvalue weighted by Gasteiger charge is -2.26. The number of rotatable bonds is 5. The van der Waals surface area contributed by atoms with Crippen LogP contribution in [0.2, 0.25) is 0 Å². The fourth-order valence-corrected chi connectivity index (χ4v) is 3.82. The molecule has 0 amide bonds. The van der Waals surface area contributed by atoms with E-state index in [1.807, 2.05) is 26.0 Å². The van der Waals surface area contributed by atoms with E-state index < -0.39 is 10.8 Å². The summed E-state index contributed by atoms with van der Waals surface area (Å²) in [7, 11) is -0.586. The number of benzene rings is 1. The van der Waals surface area contributed by atoms with Crippen molar-refractivity contribution in [2.75, 3.05) is 11.5 Å². The van der Waals surface area contributed by atoms with Gasteiger partial charge in [-0.25, -0.2) is 0 Å². The van der Waals surface area contributed by atoms with Gasteiger partial charge < -0.3 is 10.1 Å². The Labute approximate surface area is 124 Å². The fourth-order valence-electron chi connectivity index (χ4n) is 2.52. The van der Waals surface area contributed by atoms with Crippen molar-refractivity contribution in [2.24, 2.45) is 0 Å². The SMILES string of the molecule is CC(C)Oc1ccc(C(C)NC2CCS(=O)CC2)cc1. The first-order valence-corrected chi connectivity index (χ1v) is 8.91. The van der Waals surface area contributed by atoms with Crippen molar-refractivity contribution in [1.29, 1.82) is 0 Å². The molecule has 1 N–H and O–H groups in total. The highest BCUT2D eigenvalue weighted by Crippen LogP contribution is 2.20. The molecule has 3 nitrogen and oxygen atoms in total. The fraction of sp³-hybridized carbons (Fsp3) is 0.625. The predicted octanol–water partition coefficient (Wildman–Crippen LogP) is 3.04. The van der Waals surface area contributed by atoms with Gasteiger partial charge in [0, 0.05) is 34.4 Å². The summed E-state index contributed by atoms with van der Waals surface area (Å²) in [4.78, 5) is 0. The minimum atomic E-state index is -0.586. The first-order chi connectivity index (χ1) is 9.54. The molecule has 1 aromatic rings. The number of hydrogen-bond donors (Lipinski definition) is 1. The van der Waals surface area contributed by atoms with Crippen molar-refractivity contribution in [2.45, 2.75) is 51.8 Å². The number of nitrogens with one attached hydrogen (secondary N) is 1. The first-order valence-electron chi connectivity index (χ1n) is 7.42. The second-order valence-corrected chi connectivity index (χ2v) is 7.44. The van der Waals surface area contributed by atoms with Gasteiger partial charge in [-0.3, -0.25) is 4.21 Å². The van der Waals surface area contributed by atoms with Crippen LogP contribution >= 0.6 is 0 Å². The Morgan fingerprint density at radius 1 is 1.15 bits per heavy atom. The van der Waals surface area contributed by atoms with Gasteiger partial charge in [0.25, 0.3) is 0 Å². The van der Waals surface area contributed by atoms with E-state index in [1.54, 1.807) is 0 Å². The van der Waals surface area contributed by atoms with Gasteiger partial charge in [0.2, 0.25) is 0 Å². The summed E-state index contributed by atoms with van der Waals surface area (Å²) in [5.74, 6) is 2.60. The van der Waals surface area contributed by atoms with E-state index >= 15 is 0 Å². The molecule has 1 aliphatic heterocycles. The number of ether oxygens (including phenoxy) is 1. The summed E-state index contributed by atoms with van der Waals surface area (Å²) in [5.41, 5.74) is 1.27. The maximum Gasteiger partial charge on any atom is 0.119 e. The number of hydrogen-bond acceptors (Lipinski definition) is 3. The molecule has 0 bridgehead atoms. The average molecular weight is 295 g/mol. The molecule has 4 heteroatoms. The van der Waals surface area contributed by atoms with Crippen molar-refractivity contribution in [1.82, 2.24) is 5.32 Å². The lowest BCUT2D eigenvalue weighted by Crippen LogP contribution is -2.37. The summed E-state index contributed by atoms with van der Waals surface area (Å²) in [6.45, 7) is 6.25. The monoisotopic (exact) mass is 295 g/mol. The zero-order chi connectivity index (χ0) is 14.5. The molecule has 2 rings (SSSR count). The molecule has 1 unspecified atom stereocenters. The molecule has 0 aromatic heterocycles. The van der Waals surface area contributed by atoms with Gasteiger partial charge in [-0.1, -0.05) is 12.1 Å². The highest BCUT2D eigenvalue weighted by Gasteiger charge is 2.19. The van der Waals surface area contributed by atoms with Gasteiger partial charge >= 0.3 is 0 Å². The summed E-state index contributed by atoms with van der Waals surface area (Å²) < 4.78 is 17.0. The Hall–Kier alpha value is -0.870. The summed E-state index contributed by atoms with van der Waals surface area (Å²) in [6, 6.07) is 9.12. The highest BCUT2D eigenvalue weighted by atomic mass is 32.2. The minimum Gasteiger partial charge on any atom is -0.491 e. The Morgan fingerprint density at radius 2 is 1.75 bits per heavy atom. The third-order valence-electron chi connectivity index (χ3n) is 3.63. The Kier molecular flexibility index (Phi) is 5.61. The average Bonchev–Trinajstić information content (AvgIpc) is 2.41. The van der Waals surface area contributed by atoms with Gasteiger partial charge in [-0.05, 0) is 51.3 Å². The highest BCUT2D eigenvalue weighted by molar-refractivity contribution is 7.85. The molecule has 0 spiro atoms. The van der Waals surface area contributed by atoms with Crippen molar-refractivity contribution >= 4 is 10.8 Å². The van der Waals surface area contributed by atoms with E-state index in [4.69, 9.17) is 4.74 Å². The lowest BCUT2D eigenvalue weighted by molar-refractivity contribution is 0.242. The Balaban J connectivity index is 1.88. The molecule has 1 saturated heterocycles. The smallest absolute Gasteiger partial charge is 0.119 e. The van der Waals surface area contributed by atoms with Crippen LogP contribution in [-0.2, 0) is 10.8 Å². The molecule has 0 aliphatic carbocycles. The molecule has 1 fully saturated rings. The molecule has 112 valence electrons. The Bertz CT molecular complexity index is 434. The minimum absolute atomic E-state index is 0.208. The van der Waals surface area contributed by atoms with Crippen molar-refractivity contribution in [3.8, 4) is 5.75 Å². The maximum atomic E-state index is 11.4. The van der Waals surface area contributed by atoms with Crippen LogP contribution in [0.5, 0.6) is 5.75 Å². The zero-order valence-corrected chi connectivity index (χ0v) is 13.4. The van der Waals surface area contributed by atoms with Crippen LogP contribution in [0.4, 0.5) is 0 Å². The van der Waals surface area contributed by atoms with Crippen molar-refractivity contribution in [3.63, 3.8) is 0 Å². The van der Waals surface area contributed by atoms with Crippen LogP contribution in [0.15, 0.2) is 24.3 Å². The topological polar surface area (TPSA) is 38.3 Å². The van der Waals surface area contributed by atoms with Crippen LogP contribution < -0.4 is 10.1 Å². The third kappa shape index (κ3) is 4.60. The van der Waals surface area contributed by atoms with Gasteiger partial charge in [-0.15, -0.1) is 0 Å². The lowest BCUT2D eigenvalue weighted by atomic mass is 10.1. The van der Waals surface area contributed by atoms with E-state index in [1.165, 1.54) is 5.56 Å². The summed E-state index contributed by atoms with van der Waals surface area (Å²) in [5, 5.41) is 3.64. The van der Waals surface area contributed by atoms with E-state index in [2.05, 4.69) is 24.4 Å². The largest absolute Gasteiger partial charge is 0.491 e. The van der Waals surface area contributed by atoms with Gasteiger partial charge in [-0.2, -0.15) is 0 Å². The van der Waals surface area contributed by atoms with Crippen molar-refractivity contribution in [3.05, 3.63) is 29.8 Å². The second kappa shape index (κ2) is 7.23. The summed E-state index contributed by atoms with van der Waals surface area (Å²) in [6.07, 6.45) is 2.25.